The van der Waals surface area contributed by atoms with Gasteiger partial charge in [-0.1, -0.05) is 26.7 Å². The topological polar surface area (TPSA) is 33.1 Å². The third-order valence-corrected chi connectivity index (χ3v) is 4.02. The van der Waals surface area contributed by atoms with Crippen LogP contribution in [0.3, 0.4) is 0 Å². The molecule has 1 unspecified atom stereocenters. The molecule has 1 N–H and O–H groups in total. The number of rotatable bonds is 10. The van der Waals surface area contributed by atoms with Crippen molar-refractivity contribution in [2.24, 2.45) is 0 Å². The van der Waals surface area contributed by atoms with Crippen molar-refractivity contribution in [1.82, 2.24) is 20.0 Å². The number of unbranched alkanes of at least 4 members (excludes halogenated alkanes) is 1. The maximum Gasteiger partial charge on any atom is 0.0696 e. The van der Waals surface area contributed by atoms with Crippen LogP contribution in [0.5, 0.6) is 0 Å². The van der Waals surface area contributed by atoms with E-state index in [2.05, 4.69) is 63.9 Å². The summed E-state index contributed by atoms with van der Waals surface area (Å²) in [5.74, 6) is 0. The molecule has 1 aromatic heterocycles. The first kappa shape index (κ1) is 17.7. The van der Waals surface area contributed by atoms with Gasteiger partial charge in [0.25, 0.3) is 0 Å². The zero-order valence-corrected chi connectivity index (χ0v) is 14.9. The molecule has 0 aliphatic heterocycles. The molecule has 5 heteroatoms. The minimum absolute atomic E-state index is 0.397. The molecular weight excluding hydrogens is 316 g/mol. The fourth-order valence-corrected chi connectivity index (χ4v) is 2.83. The van der Waals surface area contributed by atoms with E-state index in [4.69, 9.17) is 0 Å². The van der Waals surface area contributed by atoms with Crippen LogP contribution in [-0.2, 0) is 6.54 Å². The van der Waals surface area contributed by atoms with Crippen molar-refractivity contribution in [3.05, 3.63) is 16.4 Å². The van der Waals surface area contributed by atoms with Crippen LogP contribution in [0.4, 0.5) is 0 Å². The van der Waals surface area contributed by atoms with Gasteiger partial charge in [0.2, 0.25) is 0 Å². The lowest BCUT2D eigenvalue weighted by Crippen LogP contribution is -2.27. The predicted molar refractivity (Wildman–Crippen MR) is 89.0 cm³/mol. The molecule has 1 atom stereocenters. The van der Waals surface area contributed by atoms with Crippen molar-refractivity contribution in [3.63, 3.8) is 0 Å². The van der Waals surface area contributed by atoms with Gasteiger partial charge in [-0.3, -0.25) is 4.68 Å². The number of halogens is 1. The summed E-state index contributed by atoms with van der Waals surface area (Å²) in [6, 6.07) is 0.397. The average Bonchev–Trinajstić information content (AvgIpc) is 2.78. The van der Waals surface area contributed by atoms with Gasteiger partial charge >= 0.3 is 0 Å². The summed E-state index contributed by atoms with van der Waals surface area (Å²) < 4.78 is 3.27. The highest BCUT2D eigenvalue weighted by atomic mass is 79.9. The van der Waals surface area contributed by atoms with E-state index in [1.165, 1.54) is 25.0 Å². The number of hydrogen-bond donors (Lipinski definition) is 1. The Hall–Kier alpha value is -0.390. The van der Waals surface area contributed by atoms with E-state index >= 15 is 0 Å². The Morgan fingerprint density at radius 2 is 2.10 bits per heavy atom. The molecule has 4 nitrogen and oxygen atoms in total. The normalized spacial score (nSPS) is 13.1. The first-order valence-corrected chi connectivity index (χ1v) is 8.48. The largest absolute Gasteiger partial charge is 0.309 e. The first-order valence-electron chi connectivity index (χ1n) is 7.69. The van der Waals surface area contributed by atoms with Gasteiger partial charge in [-0.2, -0.15) is 5.10 Å². The summed E-state index contributed by atoms with van der Waals surface area (Å²) in [7, 11) is 4.20. The fourth-order valence-electron chi connectivity index (χ4n) is 2.25. The number of nitrogens with one attached hydrogen (secondary N) is 1. The fraction of sp³-hybridized carbons (Fsp3) is 0.800. The lowest BCUT2D eigenvalue weighted by Gasteiger charge is -2.21. The van der Waals surface area contributed by atoms with Gasteiger partial charge in [-0.15, -0.1) is 0 Å². The smallest absolute Gasteiger partial charge is 0.0696 e. The van der Waals surface area contributed by atoms with Gasteiger partial charge in [-0.05, 0) is 49.4 Å². The zero-order valence-electron chi connectivity index (χ0n) is 13.3. The first-order chi connectivity index (χ1) is 9.60. The Balaban J connectivity index is 2.83. The standard InChI is InChI=1S/C15H29BrN4/c1-5-7-8-14(17-9-6-2)15-13(16)12-18-20(15)11-10-19(3)4/h12,14,17H,5-11H2,1-4H3. The molecule has 0 radical (unpaired) electrons. The quantitative estimate of drug-likeness (QED) is 0.705. The molecule has 0 fully saturated rings. The van der Waals surface area contributed by atoms with Gasteiger partial charge in [0, 0.05) is 6.54 Å². The molecule has 0 saturated heterocycles. The molecule has 0 aliphatic rings. The van der Waals surface area contributed by atoms with Gasteiger partial charge < -0.3 is 10.2 Å². The molecule has 116 valence electrons. The third-order valence-electron chi connectivity index (χ3n) is 3.41. The Morgan fingerprint density at radius 3 is 2.70 bits per heavy atom. The van der Waals surface area contributed by atoms with Crippen molar-refractivity contribution in [3.8, 4) is 0 Å². The number of nitrogens with zero attached hydrogens (tertiary/aromatic N) is 3. The third kappa shape index (κ3) is 5.54. The molecule has 0 aliphatic carbocycles. The van der Waals surface area contributed by atoms with Crippen LogP contribution in [0.2, 0.25) is 0 Å². The summed E-state index contributed by atoms with van der Waals surface area (Å²) in [4.78, 5) is 2.19. The lowest BCUT2D eigenvalue weighted by atomic mass is 10.1. The summed E-state index contributed by atoms with van der Waals surface area (Å²) in [5.41, 5.74) is 1.30. The van der Waals surface area contributed by atoms with Crippen LogP contribution in [0.15, 0.2) is 10.7 Å². The number of likely N-dealkylation sites (N-methyl/N-ethyl adjacent to an activating group) is 1. The van der Waals surface area contributed by atoms with E-state index < -0.39 is 0 Å². The van der Waals surface area contributed by atoms with Crippen LogP contribution in [0.25, 0.3) is 0 Å². The Labute approximate surface area is 132 Å². The van der Waals surface area contributed by atoms with E-state index in [0.717, 1.165) is 30.5 Å². The number of aromatic nitrogens is 2. The second kappa shape index (κ2) is 9.53. The molecule has 0 aromatic carbocycles. The minimum Gasteiger partial charge on any atom is -0.309 e. The van der Waals surface area contributed by atoms with Crippen molar-refractivity contribution in [2.45, 2.75) is 52.1 Å². The second-order valence-corrected chi connectivity index (χ2v) is 6.41. The predicted octanol–water partition coefficient (Wildman–Crippen LogP) is 3.44. The van der Waals surface area contributed by atoms with Crippen LogP contribution in [0, 0.1) is 0 Å². The second-order valence-electron chi connectivity index (χ2n) is 5.55. The van der Waals surface area contributed by atoms with Gasteiger partial charge in [-0.25, -0.2) is 0 Å². The lowest BCUT2D eigenvalue weighted by molar-refractivity contribution is 0.358. The van der Waals surface area contributed by atoms with Crippen molar-refractivity contribution < 1.29 is 0 Å². The Morgan fingerprint density at radius 1 is 1.35 bits per heavy atom. The van der Waals surface area contributed by atoms with E-state index in [9.17, 15) is 0 Å². The molecular formula is C15H29BrN4. The van der Waals surface area contributed by atoms with E-state index in [-0.39, 0.29) is 0 Å². The number of hydrogen-bond acceptors (Lipinski definition) is 3. The molecule has 0 saturated carbocycles. The van der Waals surface area contributed by atoms with Gasteiger partial charge in [0.05, 0.1) is 29.0 Å². The van der Waals surface area contributed by atoms with Crippen LogP contribution in [0.1, 0.15) is 51.3 Å². The highest BCUT2D eigenvalue weighted by Gasteiger charge is 2.19. The average molecular weight is 345 g/mol. The van der Waals surface area contributed by atoms with E-state index in [1.807, 2.05) is 6.20 Å². The summed E-state index contributed by atoms with van der Waals surface area (Å²) >= 11 is 3.67. The summed E-state index contributed by atoms with van der Waals surface area (Å²) in [5, 5.41) is 8.20. The molecule has 0 bridgehead atoms. The molecule has 1 rings (SSSR count). The SMILES string of the molecule is CCCCC(NCCC)c1c(Br)cnn1CCN(C)C. The Kier molecular flexibility index (Phi) is 8.41. The zero-order chi connectivity index (χ0) is 15.0. The van der Waals surface area contributed by atoms with E-state index in [1.54, 1.807) is 0 Å². The maximum atomic E-state index is 4.53. The maximum absolute atomic E-state index is 4.53. The summed E-state index contributed by atoms with van der Waals surface area (Å²) in [6.07, 6.45) is 6.73. The van der Waals surface area contributed by atoms with Gasteiger partial charge in [0.1, 0.15) is 0 Å². The van der Waals surface area contributed by atoms with Crippen LogP contribution >= 0.6 is 15.9 Å². The van der Waals surface area contributed by atoms with E-state index in [0.29, 0.717) is 6.04 Å². The van der Waals surface area contributed by atoms with Crippen LogP contribution in [-0.4, -0.2) is 41.9 Å². The molecule has 20 heavy (non-hydrogen) atoms. The highest BCUT2D eigenvalue weighted by molar-refractivity contribution is 9.10. The van der Waals surface area contributed by atoms with Crippen LogP contribution < -0.4 is 5.32 Å². The van der Waals surface area contributed by atoms with Crippen molar-refractivity contribution in [1.29, 1.82) is 0 Å². The highest BCUT2D eigenvalue weighted by Crippen LogP contribution is 2.27. The molecule has 0 spiro atoms. The Bertz CT molecular complexity index is 368. The molecule has 0 amide bonds. The minimum atomic E-state index is 0.397. The monoisotopic (exact) mass is 344 g/mol. The van der Waals surface area contributed by atoms with Crippen molar-refractivity contribution >= 4 is 15.9 Å². The summed E-state index contributed by atoms with van der Waals surface area (Å²) in [6.45, 7) is 7.46. The van der Waals surface area contributed by atoms with Crippen molar-refractivity contribution in [2.75, 3.05) is 27.2 Å². The van der Waals surface area contributed by atoms with Gasteiger partial charge in [0.15, 0.2) is 0 Å². The molecule has 1 heterocycles. The molecule has 1 aromatic rings.